The number of hydrogen-bond acceptors (Lipinski definition) is 2. The van der Waals surface area contributed by atoms with E-state index in [9.17, 15) is 4.79 Å². The van der Waals surface area contributed by atoms with Crippen molar-refractivity contribution in [2.45, 2.75) is 38.6 Å². The first-order valence-electron chi connectivity index (χ1n) is 8.57. The first-order chi connectivity index (χ1) is 11.7. The van der Waals surface area contributed by atoms with E-state index in [0.717, 1.165) is 28.7 Å². The topological polar surface area (TPSA) is 42.2 Å². The number of nitrogens with one attached hydrogen (secondary N) is 1. The third-order valence-electron chi connectivity index (χ3n) is 4.78. The number of fused-ring (bicyclic) bond motifs is 2. The van der Waals surface area contributed by atoms with Crippen LogP contribution in [0.2, 0.25) is 0 Å². The second kappa shape index (κ2) is 6.16. The van der Waals surface area contributed by atoms with Gasteiger partial charge < -0.3 is 9.73 Å². The number of carbonyl (C=O) groups excluding carboxylic acids is 1. The van der Waals surface area contributed by atoms with Crippen LogP contribution in [0.3, 0.4) is 0 Å². The number of rotatable bonds is 4. The highest BCUT2D eigenvalue weighted by molar-refractivity contribution is 5.80. The summed E-state index contributed by atoms with van der Waals surface area (Å²) in [6, 6.07) is 16.2. The molecule has 0 radical (unpaired) electrons. The molecule has 1 heterocycles. The van der Waals surface area contributed by atoms with E-state index in [1.165, 1.54) is 24.0 Å². The molecule has 2 aromatic carbocycles. The summed E-state index contributed by atoms with van der Waals surface area (Å²) < 4.78 is 5.83. The molecule has 0 bridgehead atoms. The van der Waals surface area contributed by atoms with Crippen LogP contribution < -0.4 is 5.32 Å². The summed E-state index contributed by atoms with van der Waals surface area (Å²) in [5.41, 5.74) is 4.79. The standard InChI is InChI=1S/C21H21NO2/c1-14(20-13-18-5-2-3-8-19(18)24-20)22-21(23)12-15-9-10-16-6-4-7-17(16)11-15/h2-3,5,8-11,13-14H,4,6-7,12H2,1H3,(H,22,23)/t14-/m0/s1. The molecule has 1 atom stereocenters. The third-order valence-corrected chi connectivity index (χ3v) is 4.78. The van der Waals surface area contributed by atoms with E-state index in [1.54, 1.807) is 0 Å². The Bertz CT molecular complexity index is 861. The fourth-order valence-corrected chi connectivity index (χ4v) is 3.50. The van der Waals surface area contributed by atoms with Crippen LogP contribution in [0.5, 0.6) is 0 Å². The molecule has 1 aliphatic rings. The maximum Gasteiger partial charge on any atom is 0.224 e. The lowest BCUT2D eigenvalue weighted by Crippen LogP contribution is -2.27. The van der Waals surface area contributed by atoms with Gasteiger partial charge in [-0.15, -0.1) is 0 Å². The Morgan fingerprint density at radius 3 is 2.83 bits per heavy atom. The molecule has 0 saturated heterocycles. The Labute approximate surface area is 141 Å². The van der Waals surface area contributed by atoms with Gasteiger partial charge in [0.05, 0.1) is 12.5 Å². The predicted molar refractivity (Wildman–Crippen MR) is 94.9 cm³/mol. The van der Waals surface area contributed by atoms with Crippen molar-refractivity contribution in [2.24, 2.45) is 0 Å². The molecule has 1 aliphatic carbocycles. The van der Waals surface area contributed by atoms with Gasteiger partial charge in [0.25, 0.3) is 0 Å². The van der Waals surface area contributed by atoms with Crippen LogP contribution in [0.4, 0.5) is 0 Å². The first-order valence-corrected chi connectivity index (χ1v) is 8.57. The number of carbonyl (C=O) groups is 1. The summed E-state index contributed by atoms with van der Waals surface area (Å²) in [6.45, 7) is 1.96. The minimum absolute atomic E-state index is 0.0286. The van der Waals surface area contributed by atoms with Crippen LogP contribution in [-0.4, -0.2) is 5.91 Å². The van der Waals surface area contributed by atoms with Gasteiger partial charge in [0.2, 0.25) is 5.91 Å². The second-order valence-electron chi connectivity index (χ2n) is 6.61. The SMILES string of the molecule is C[C@H](NC(=O)Cc1ccc2c(c1)CCC2)c1cc2ccccc2o1. The van der Waals surface area contributed by atoms with Crippen LogP contribution in [0.25, 0.3) is 11.0 Å². The van der Waals surface area contributed by atoms with Gasteiger partial charge in [-0.2, -0.15) is 0 Å². The van der Waals surface area contributed by atoms with Gasteiger partial charge in [0.1, 0.15) is 11.3 Å². The molecular formula is C21H21NO2. The smallest absolute Gasteiger partial charge is 0.224 e. The van der Waals surface area contributed by atoms with Gasteiger partial charge in [0, 0.05) is 5.39 Å². The fraction of sp³-hybridized carbons (Fsp3) is 0.286. The zero-order valence-electron chi connectivity index (χ0n) is 13.8. The molecule has 0 unspecified atom stereocenters. The van der Waals surface area contributed by atoms with Gasteiger partial charge >= 0.3 is 0 Å². The zero-order chi connectivity index (χ0) is 16.5. The Morgan fingerprint density at radius 1 is 1.12 bits per heavy atom. The summed E-state index contributed by atoms with van der Waals surface area (Å²) >= 11 is 0. The summed E-state index contributed by atoms with van der Waals surface area (Å²) in [6.07, 6.45) is 3.96. The van der Waals surface area contributed by atoms with E-state index in [4.69, 9.17) is 4.42 Å². The summed E-state index contributed by atoms with van der Waals surface area (Å²) in [7, 11) is 0. The minimum Gasteiger partial charge on any atom is -0.459 e. The van der Waals surface area contributed by atoms with E-state index < -0.39 is 0 Å². The van der Waals surface area contributed by atoms with E-state index in [1.807, 2.05) is 37.3 Å². The number of amides is 1. The van der Waals surface area contributed by atoms with Crippen LogP contribution in [-0.2, 0) is 24.1 Å². The molecule has 3 aromatic rings. The van der Waals surface area contributed by atoms with Crippen molar-refractivity contribution in [1.82, 2.24) is 5.32 Å². The van der Waals surface area contributed by atoms with Crippen molar-refractivity contribution in [3.05, 3.63) is 71.0 Å². The van der Waals surface area contributed by atoms with Crippen LogP contribution in [0.15, 0.2) is 52.9 Å². The van der Waals surface area contributed by atoms with E-state index in [2.05, 4.69) is 23.5 Å². The first kappa shape index (κ1) is 15.0. The van der Waals surface area contributed by atoms with Crippen molar-refractivity contribution in [1.29, 1.82) is 0 Å². The van der Waals surface area contributed by atoms with Crippen molar-refractivity contribution in [2.75, 3.05) is 0 Å². The van der Waals surface area contributed by atoms with Crippen LogP contribution in [0, 0.1) is 0 Å². The lowest BCUT2D eigenvalue weighted by Gasteiger charge is -2.12. The van der Waals surface area contributed by atoms with Gasteiger partial charge in [-0.05, 0) is 55.0 Å². The highest BCUT2D eigenvalue weighted by Gasteiger charge is 2.16. The molecule has 24 heavy (non-hydrogen) atoms. The highest BCUT2D eigenvalue weighted by atomic mass is 16.3. The Balaban J connectivity index is 1.43. The summed E-state index contributed by atoms with van der Waals surface area (Å²) in [5.74, 6) is 0.819. The number of furan rings is 1. The third kappa shape index (κ3) is 2.94. The molecule has 3 nitrogen and oxygen atoms in total. The second-order valence-corrected chi connectivity index (χ2v) is 6.61. The zero-order valence-corrected chi connectivity index (χ0v) is 13.8. The Hall–Kier alpha value is -2.55. The van der Waals surface area contributed by atoms with Gasteiger partial charge in [0.15, 0.2) is 0 Å². The summed E-state index contributed by atoms with van der Waals surface area (Å²) in [5, 5.41) is 4.10. The molecule has 4 rings (SSSR count). The Morgan fingerprint density at radius 2 is 1.96 bits per heavy atom. The number of hydrogen-bond donors (Lipinski definition) is 1. The highest BCUT2D eigenvalue weighted by Crippen LogP contribution is 2.25. The number of aryl methyl sites for hydroxylation is 2. The molecule has 0 aliphatic heterocycles. The number of para-hydroxylation sites is 1. The lowest BCUT2D eigenvalue weighted by atomic mass is 10.0. The normalized spacial score (nSPS) is 14.5. The molecule has 0 fully saturated rings. The molecular weight excluding hydrogens is 298 g/mol. The monoisotopic (exact) mass is 319 g/mol. The molecule has 122 valence electrons. The van der Waals surface area contributed by atoms with E-state index >= 15 is 0 Å². The van der Waals surface area contributed by atoms with Gasteiger partial charge in [-0.25, -0.2) is 0 Å². The predicted octanol–water partition coefficient (Wildman–Crippen LogP) is 4.34. The molecule has 0 spiro atoms. The Kier molecular flexibility index (Phi) is 3.85. The fourth-order valence-electron chi connectivity index (χ4n) is 3.50. The average molecular weight is 319 g/mol. The van der Waals surface area contributed by atoms with Gasteiger partial charge in [-0.1, -0.05) is 36.4 Å². The van der Waals surface area contributed by atoms with Crippen molar-refractivity contribution >= 4 is 16.9 Å². The minimum atomic E-state index is -0.140. The average Bonchev–Trinajstić information content (AvgIpc) is 3.20. The van der Waals surface area contributed by atoms with Crippen molar-refractivity contribution in [3.63, 3.8) is 0 Å². The molecule has 1 aromatic heterocycles. The maximum atomic E-state index is 12.4. The van der Waals surface area contributed by atoms with Crippen LogP contribution in [0.1, 0.15) is 41.8 Å². The van der Waals surface area contributed by atoms with E-state index in [0.29, 0.717) is 6.42 Å². The van der Waals surface area contributed by atoms with Crippen molar-refractivity contribution in [3.8, 4) is 0 Å². The lowest BCUT2D eigenvalue weighted by molar-refractivity contribution is -0.121. The maximum absolute atomic E-state index is 12.4. The van der Waals surface area contributed by atoms with Crippen molar-refractivity contribution < 1.29 is 9.21 Å². The quantitative estimate of drug-likeness (QED) is 0.777. The largest absolute Gasteiger partial charge is 0.459 e. The molecule has 1 amide bonds. The summed E-state index contributed by atoms with van der Waals surface area (Å²) in [4.78, 5) is 12.4. The molecule has 0 saturated carbocycles. The van der Waals surface area contributed by atoms with E-state index in [-0.39, 0.29) is 11.9 Å². The van der Waals surface area contributed by atoms with Gasteiger partial charge in [-0.3, -0.25) is 4.79 Å². The van der Waals surface area contributed by atoms with Crippen LogP contribution >= 0.6 is 0 Å². The molecule has 3 heteroatoms. The number of benzene rings is 2. The molecule has 1 N–H and O–H groups in total.